The molecule has 0 spiro atoms. The second-order valence-corrected chi connectivity index (χ2v) is 14.5. The molecule has 0 aliphatic heterocycles. The number of benzene rings is 3. The summed E-state index contributed by atoms with van der Waals surface area (Å²) in [6, 6.07) is 17.7. The smallest absolute Gasteiger partial charge is 0.416 e. The minimum Gasteiger partial charge on any atom is -0.480 e. The monoisotopic (exact) mass is 738 g/mol. The molecule has 4 aromatic rings. The first kappa shape index (κ1) is 38.4. The van der Waals surface area contributed by atoms with E-state index >= 15 is 0 Å². The molecule has 1 unspecified atom stereocenters. The van der Waals surface area contributed by atoms with Gasteiger partial charge in [0.25, 0.3) is 5.91 Å². The molecule has 1 heterocycles. The molecule has 1 aromatic heterocycles. The van der Waals surface area contributed by atoms with Crippen LogP contribution in [0.4, 0.5) is 18.9 Å². The van der Waals surface area contributed by atoms with Crippen LogP contribution in [-0.4, -0.2) is 44.3 Å². The van der Waals surface area contributed by atoms with Crippen LogP contribution in [0.3, 0.4) is 0 Å². The number of carboxylic acids is 1. The number of allylic oxidation sites excluding steroid dienone is 2. The van der Waals surface area contributed by atoms with E-state index < -0.39 is 36.1 Å². The van der Waals surface area contributed by atoms with Crippen LogP contribution in [0, 0.1) is 17.8 Å². The molecule has 1 fully saturated rings. The lowest BCUT2D eigenvalue weighted by molar-refractivity contribution is -0.138. The summed E-state index contributed by atoms with van der Waals surface area (Å²) in [5.74, 6) is 1.03. The van der Waals surface area contributed by atoms with Crippen LogP contribution in [0.1, 0.15) is 90.9 Å². The second kappa shape index (κ2) is 17.2. The summed E-state index contributed by atoms with van der Waals surface area (Å²) in [5.41, 5.74) is 4.12. The Morgan fingerprint density at radius 2 is 1.46 bits per heavy atom. The Morgan fingerprint density at radius 3 is 2.04 bits per heavy atom. The van der Waals surface area contributed by atoms with Crippen LogP contribution in [0.2, 0.25) is 0 Å². The van der Waals surface area contributed by atoms with E-state index in [9.17, 15) is 32.7 Å². The number of hydrogen-bond donors (Lipinski definition) is 2. The predicted octanol–water partition coefficient (Wildman–Crippen LogP) is 9.47. The van der Waals surface area contributed by atoms with Gasteiger partial charge in [-0.15, -0.1) is 0 Å². The number of halogens is 3. The van der Waals surface area contributed by atoms with Gasteiger partial charge in [-0.05, 0) is 103 Å². The van der Waals surface area contributed by atoms with Gasteiger partial charge in [-0.25, -0.2) is 9.97 Å². The Morgan fingerprint density at radius 1 is 0.815 bits per heavy atom. The lowest BCUT2D eigenvalue weighted by Gasteiger charge is -2.35. The predicted molar refractivity (Wildman–Crippen MR) is 201 cm³/mol. The molecule has 0 saturated heterocycles. The van der Waals surface area contributed by atoms with Gasteiger partial charge in [0.05, 0.1) is 12.0 Å². The first-order valence-corrected chi connectivity index (χ1v) is 18.6. The van der Waals surface area contributed by atoms with Gasteiger partial charge in [0.2, 0.25) is 5.91 Å². The molecule has 0 radical (unpaired) electrons. The summed E-state index contributed by atoms with van der Waals surface area (Å²) >= 11 is 0. The van der Waals surface area contributed by atoms with Crippen molar-refractivity contribution in [2.24, 2.45) is 17.8 Å². The number of amides is 2. The maximum absolute atomic E-state index is 13.4. The van der Waals surface area contributed by atoms with Gasteiger partial charge in [-0.2, -0.15) is 13.2 Å². The summed E-state index contributed by atoms with van der Waals surface area (Å²) in [5, 5.41) is 12.2. The fourth-order valence-corrected chi connectivity index (χ4v) is 7.68. The number of carboxylic acid groups (broad SMARTS) is 1. The van der Waals surface area contributed by atoms with Crippen molar-refractivity contribution in [3.05, 3.63) is 119 Å². The number of aromatic nitrogens is 2. The Hall–Kier alpha value is -5.32. The average Bonchev–Trinajstić information content (AvgIpc) is 3.18. The first-order valence-electron chi connectivity index (χ1n) is 18.6. The van der Waals surface area contributed by atoms with Crippen molar-refractivity contribution in [3.63, 3.8) is 0 Å². The van der Waals surface area contributed by atoms with Crippen LogP contribution in [0.25, 0.3) is 17.0 Å². The molecule has 0 bridgehead atoms. The topological polar surface area (TPSA) is 112 Å². The minimum absolute atomic E-state index is 0.0476. The van der Waals surface area contributed by atoms with Crippen molar-refractivity contribution in [3.8, 4) is 11.4 Å². The van der Waals surface area contributed by atoms with Gasteiger partial charge in [0, 0.05) is 41.3 Å². The van der Waals surface area contributed by atoms with Gasteiger partial charge in [0.15, 0.2) is 5.82 Å². The molecule has 2 N–H and O–H groups in total. The number of anilines is 1. The summed E-state index contributed by atoms with van der Waals surface area (Å²) in [4.78, 5) is 48.1. The number of carbonyl (C=O) groups is 3. The Kier molecular flexibility index (Phi) is 12.2. The standard InChI is InChI=1S/C43H45F3N4O4/c1-2-28-3-9-31(10-4-28)32-13-15-33(16-14-32)36-24-47-41(48-25-36)34-11-5-30(6-12-34)26-50(27-40(52)53)42(54)35-17-21-38(22-18-35)49-39(51)23-29-7-19-37(20-8-29)43(44,45)46/h5-8,11-12,15,17-22,24-25,28,31-32H,2-4,9-10,13-14,16,23,26-27H2,1H3,(H,49,51)(H,52,53). The van der Waals surface area contributed by atoms with Gasteiger partial charge in [-0.1, -0.05) is 68.7 Å². The Labute approximate surface area is 313 Å². The molecule has 1 atom stereocenters. The lowest BCUT2D eigenvalue weighted by Crippen LogP contribution is -2.35. The van der Waals surface area contributed by atoms with Crippen LogP contribution in [-0.2, 0) is 28.7 Å². The van der Waals surface area contributed by atoms with Crippen LogP contribution in [0.5, 0.6) is 0 Å². The van der Waals surface area contributed by atoms with E-state index in [1.165, 1.54) is 85.4 Å². The summed E-state index contributed by atoms with van der Waals surface area (Å²) in [6.07, 6.45) is 11.8. The molecule has 11 heteroatoms. The van der Waals surface area contributed by atoms with Crippen LogP contribution >= 0.6 is 0 Å². The van der Waals surface area contributed by atoms with Crippen molar-refractivity contribution < 1.29 is 32.7 Å². The number of aliphatic carboxylic acids is 1. The normalized spacial score (nSPS) is 18.7. The average molecular weight is 739 g/mol. The van der Waals surface area contributed by atoms with Crippen molar-refractivity contribution >= 4 is 29.0 Å². The third-order valence-corrected chi connectivity index (χ3v) is 10.9. The molecule has 2 aliphatic rings. The third-order valence-electron chi connectivity index (χ3n) is 10.9. The number of carbonyl (C=O) groups excluding carboxylic acids is 2. The molecule has 8 nitrogen and oxygen atoms in total. The van der Waals surface area contributed by atoms with Gasteiger partial charge in [-0.3, -0.25) is 14.4 Å². The van der Waals surface area contributed by atoms with Crippen molar-refractivity contribution in [2.75, 3.05) is 11.9 Å². The number of nitrogens with zero attached hydrogens (tertiary/aromatic N) is 3. The fraction of sp³-hybridized carbons (Fsp3) is 0.372. The number of rotatable bonds is 12. The molecule has 2 amide bonds. The van der Waals surface area contributed by atoms with E-state index in [1.807, 2.05) is 36.7 Å². The molecular formula is C43H45F3N4O4. The zero-order chi connectivity index (χ0) is 38.2. The molecule has 282 valence electrons. The molecule has 54 heavy (non-hydrogen) atoms. The highest BCUT2D eigenvalue weighted by Gasteiger charge is 2.30. The van der Waals surface area contributed by atoms with Gasteiger partial charge < -0.3 is 15.3 Å². The maximum atomic E-state index is 13.4. The zero-order valence-electron chi connectivity index (χ0n) is 30.3. The van der Waals surface area contributed by atoms with Gasteiger partial charge in [0.1, 0.15) is 6.54 Å². The van der Waals surface area contributed by atoms with E-state index in [1.54, 1.807) is 0 Å². The summed E-state index contributed by atoms with van der Waals surface area (Å²) in [6.45, 7) is 1.84. The molecule has 1 saturated carbocycles. The molecule has 3 aromatic carbocycles. The van der Waals surface area contributed by atoms with Crippen LogP contribution < -0.4 is 5.32 Å². The second-order valence-electron chi connectivity index (χ2n) is 14.5. The van der Waals surface area contributed by atoms with E-state index in [2.05, 4.69) is 28.3 Å². The van der Waals surface area contributed by atoms with E-state index in [0.717, 1.165) is 59.4 Å². The van der Waals surface area contributed by atoms with Crippen molar-refractivity contribution in [1.82, 2.24) is 14.9 Å². The highest BCUT2D eigenvalue weighted by molar-refractivity contribution is 5.97. The third kappa shape index (κ3) is 10.0. The summed E-state index contributed by atoms with van der Waals surface area (Å²) in [7, 11) is 0. The quantitative estimate of drug-likeness (QED) is 0.150. The van der Waals surface area contributed by atoms with E-state index in [4.69, 9.17) is 0 Å². The zero-order valence-corrected chi connectivity index (χ0v) is 30.3. The Balaban J connectivity index is 1.02. The number of nitrogens with one attached hydrogen (secondary N) is 1. The van der Waals surface area contributed by atoms with E-state index in [0.29, 0.717) is 17.1 Å². The van der Waals surface area contributed by atoms with Gasteiger partial charge >= 0.3 is 12.1 Å². The summed E-state index contributed by atoms with van der Waals surface area (Å²) < 4.78 is 38.5. The number of alkyl halides is 3. The van der Waals surface area contributed by atoms with Crippen molar-refractivity contribution in [1.29, 1.82) is 0 Å². The first-order chi connectivity index (χ1) is 25.9. The fourth-order valence-electron chi connectivity index (χ4n) is 7.68. The lowest BCUT2D eigenvalue weighted by atomic mass is 9.71. The Bertz CT molecular complexity index is 1940. The maximum Gasteiger partial charge on any atom is 0.416 e. The number of hydrogen-bond acceptors (Lipinski definition) is 5. The van der Waals surface area contributed by atoms with Crippen molar-refractivity contribution in [2.45, 2.75) is 77.4 Å². The molecule has 2 aliphatic carbocycles. The minimum atomic E-state index is -4.46. The molecular weight excluding hydrogens is 693 g/mol. The highest BCUT2D eigenvalue weighted by Crippen LogP contribution is 2.41. The SMILES string of the molecule is CCC1CCC(C2CC=C(c3cnc(-c4ccc(CN(CC(=O)O)C(=O)c5ccc(NC(=O)Cc6ccc(C(F)(F)F)cc6)cc5)cc4)nc3)CC2)CC1. The largest absolute Gasteiger partial charge is 0.480 e. The van der Waals surface area contributed by atoms with Crippen LogP contribution in [0.15, 0.2) is 91.3 Å². The van der Waals surface area contributed by atoms with E-state index in [-0.39, 0.29) is 18.5 Å². The highest BCUT2D eigenvalue weighted by atomic mass is 19.4. The molecule has 6 rings (SSSR count).